The molecule has 0 spiro atoms. The minimum atomic E-state index is -0.00560. The van der Waals surface area contributed by atoms with Crippen LogP contribution in [0.5, 0.6) is 11.5 Å². The van der Waals surface area contributed by atoms with Crippen molar-refractivity contribution in [1.29, 1.82) is 0 Å². The van der Waals surface area contributed by atoms with E-state index in [4.69, 9.17) is 13.9 Å². The van der Waals surface area contributed by atoms with Gasteiger partial charge in [-0.3, -0.25) is 4.79 Å². The summed E-state index contributed by atoms with van der Waals surface area (Å²) < 4.78 is 16.8. The first-order valence-corrected chi connectivity index (χ1v) is 10.9. The lowest BCUT2D eigenvalue weighted by atomic mass is 10.1. The lowest BCUT2D eigenvalue weighted by molar-refractivity contribution is -0.118. The second-order valence-electron chi connectivity index (χ2n) is 7.99. The standard InChI is InChI=1S/C27H24N2O4/c1-19-7-10-21(11-8-19)25-16-28-26(33-25)13-14-27(30)29(22-5-3-2-4-6-22)17-20-9-12-23-24(15-20)32-18-31-23/h2-12,15-16H,13-14,17-18H2,1H3. The normalized spacial score (nSPS) is 12.0. The van der Waals surface area contributed by atoms with Crippen molar-refractivity contribution in [3.8, 4) is 22.8 Å². The Hall–Kier alpha value is -4.06. The number of nitrogens with zero attached hydrogens (tertiary/aromatic N) is 2. The molecule has 0 radical (unpaired) electrons. The van der Waals surface area contributed by atoms with E-state index in [0.717, 1.165) is 22.6 Å². The molecular formula is C27H24N2O4. The Morgan fingerprint density at radius 2 is 1.76 bits per heavy atom. The summed E-state index contributed by atoms with van der Waals surface area (Å²) in [5.74, 6) is 2.68. The number of carbonyl (C=O) groups is 1. The Kier molecular flexibility index (Phi) is 5.81. The Balaban J connectivity index is 1.30. The fourth-order valence-electron chi connectivity index (χ4n) is 3.78. The van der Waals surface area contributed by atoms with Crippen LogP contribution < -0.4 is 14.4 Å². The lowest BCUT2D eigenvalue weighted by Gasteiger charge is -2.23. The average molecular weight is 440 g/mol. The Labute approximate surface area is 192 Å². The number of hydrogen-bond donors (Lipinski definition) is 0. The molecule has 0 aliphatic carbocycles. The molecule has 0 atom stereocenters. The summed E-state index contributed by atoms with van der Waals surface area (Å²) >= 11 is 0. The van der Waals surface area contributed by atoms with Crippen molar-refractivity contribution in [2.24, 2.45) is 0 Å². The van der Waals surface area contributed by atoms with Crippen molar-refractivity contribution >= 4 is 11.6 Å². The first-order chi connectivity index (χ1) is 16.2. The minimum Gasteiger partial charge on any atom is -0.454 e. The second kappa shape index (κ2) is 9.20. The molecule has 3 aromatic carbocycles. The molecule has 1 aliphatic rings. The maximum absolute atomic E-state index is 13.3. The molecule has 6 nitrogen and oxygen atoms in total. The predicted octanol–water partition coefficient (Wildman–Crippen LogP) is 5.54. The molecule has 0 bridgehead atoms. The molecule has 0 unspecified atom stereocenters. The Bertz CT molecular complexity index is 1250. The van der Waals surface area contributed by atoms with Gasteiger partial charge in [-0.1, -0.05) is 54.1 Å². The predicted molar refractivity (Wildman–Crippen MR) is 125 cm³/mol. The van der Waals surface area contributed by atoms with Crippen LogP contribution in [-0.2, 0) is 17.8 Å². The average Bonchev–Trinajstić information content (AvgIpc) is 3.51. The van der Waals surface area contributed by atoms with Gasteiger partial charge in [0, 0.05) is 24.1 Å². The maximum atomic E-state index is 13.3. The van der Waals surface area contributed by atoms with Gasteiger partial charge in [-0.05, 0) is 36.8 Å². The number of amides is 1. The number of anilines is 1. The van der Waals surface area contributed by atoms with Crippen LogP contribution in [-0.4, -0.2) is 17.7 Å². The van der Waals surface area contributed by atoms with Crippen molar-refractivity contribution in [3.63, 3.8) is 0 Å². The number of aromatic nitrogens is 1. The summed E-state index contributed by atoms with van der Waals surface area (Å²) in [6.45, 7) is 2.70. The summed E-state index contributed by atoms with van der Waals surface area (Å²) in [4.78, 5) is 19.4. The molecule has 0 saturated carbocycles. The number of benzene rings is 3. The van der Waals surface area contributed by atoms with Crippen molar-refractivity contribution in [2.45, 2.75) is 26.3 Å². The van der Waals surface area contributed by atoms with E-state index < -0.39 is 0 Å². The van der Waals surface area contributed by atoms with Gasteiger partial charge in [0.25, 0.3) is 0 Å². The summed E-state index contributed by atoms with van der Waals surface area (Å²) in [6, 6.07) is 23.5. The summed E-state index contributed by atoms with van der Waals surface area (Å²) in [5, 5.41) is 0. The molecule has 0 N–H and O–H groups in total. The van der Waals surface area contributed by atoms with Crippen LogP contribution in [0.2, 0.25) is 0 Å². The zero-order valence-corrected chi connectivity index (χ0v) is 18.4. The topological polar surface area (TPSA) is 64.8 Å². The number of oxazole rings is 1. The van der Waals surface area contributed by atoms with Crippen LogP contribution in [0.15, 0.2) is 83.4 Å². The van der Waals surface area contributed by atoms with Gasteiger partial charge in [0.05, 0.1) is 12.7 Å². The lowest BCUT2D eigenvalue weighted by Crippen LogP contribution is -2.30. The largest absolute Gasteiger partial charge is 0.454 e. The van der Waals surface area contributed by atoms with Crippen LogP contribution in [0.25, 0.3) is 11.3 Å². The van der Waals surface area contributed by atoms with E-state index in [-0.39, 0.29) is 19.1 Å². The highest BCUT2D eigenvalue weighted by Crippen LogP contribution is 2.33. The van der Waals surface area contributed by atoms with Crippen molar-refractivity contribution in [2.75, 3.05) is 11.7 Å². The molecule has 2 heterocycles. The van der Waals surface area contributed by atoms with Gasteiger partial charge in [0.15, 0.2) is 23.1 Å². The summed E-state index contributed by atoms with van der Waals surface area (Å²) in [5.41, 5.74) is 3.97. The van der Waals surface area contributed by atoms with Gasteiger partial charge in [-0.15, -0.1) is 0 Å². The number of carbonyl (C=O) groups excluding carboxylic acids is 1. The monoisotopic (exact) mass is 440 g/mol. The van der Waals surface area contributed by atoms with E-state index in [1.807, 2.05) is 79.7 Å². The van der Waals surface area contributed by atoms with Crippen molar-refractivity contribution < 1.29 is 18.7 Å². The molecule has 4 aromatic rings. The number of rotatable bonds is 7. The Morgan fingerprint density at radius 1 is 0.970 bits per heavy atom. The van der Waals surface area contributed by atoms with Gasteiger partial charge >= 0.3 is 0 Å². The van der Waals surface area contributed by atoms with E-state index >= 15 is 0 Å². The molecule has 6 heteroatoms. The van der Waals surface area contributed by atoms with Crippen LogP contribution in [0.1, 0.15) is 23.4 Å². The highest BCUT2D eigenvalue weighted by molar-refractivity contribution is 5.93. The third kappa shape index (κ3) is 4.75. The number of aryl methyl sites for hydroxylation is 2. The number of fused-ring (bicyclic) bond motifs is 1. The summed E-state index contributed by atoms with van der Waals surface area (Å²) in [7, 11) is 0. The molecule has 0 fully saturated rings. The molecule has 5 rings (SSSR count). The third-order valence-corrected chi connectivity index (χ3v) is 5.59. The first-order valence-electron chi connectivity index (χ1n) is 10.9. The highest BCUT2D eigenvalue weighted by atomic mass is 16.7. The molecule has 1 aliphatic heterocycles. The quantitative estimate of drug-likeness (QED) is 0.377. The van der Waals surface area contributed by atoms with Gasteiger partial charge in [-0.25, -0.2) is 4.98 Å². The Morgan fingerprint density at radius 3 is 2.58 bits per heavy atom. The first kappa shape index (κ1) is 20.8. The molecule has 0 saturated heterocycles. The number of ether oxygens (including phenoxy) is 2. The fourth-order valence-corrected chi connectivity index (χ4v) is 3.78. The van der Waals surface area contributed by atoms with Crippen LogP contribution in [0.3, 0.4) is 0 Å². The molecule has 33 heavy (non-hydrogen) atoms. The number of para-hydroxylation sites is 1. The third-order valence-electron chi connectivity index (χ3n) is 5.59. The van der Waals surface area contributed by atoms with Crippen molar-refractivity contribution in [1.82, 2.24) is 4.98 Å². The van der Waals surface area contributed by atoms with E-state index in [1.165, 1.54) is 5.56 Å². The van der Waals surface area contributed by atoms with Crippen LogP contribution in [0.4, 0.5) is 5.69 Å². The SMILES string of the molecule is Cc1ccc(-c2cnc(CCC(=O)N(Cc3ccc4c(c3)OCO4)c3ccccc3)o2)cc1. The van der Waals surface area contributed by atoms with E-state index in [9.17, 15) is 4.79 Å². The van der Waals surface area contributed by atoms with Gasteiger partial charge in [0.1, 0.15) is 0 Å². The van der Waals surface area contributed by atoms with E-state index in [2.05, 4.69) is 4.98 Å². The summed E-state index contributed by atoms with van der Waals surface area (Å²) in [6.07, 6.45) is 2.43. The molecule has 1 amide bonds. The highest BCUT2D eigenvalue weighted by Gasteiger charge is 2.20. The smallest absolute Gasteiger partial charge is 0.231 e. The van der Waals surface area contributed by atoms with E-state index in [1.54, 1.807) is 11.1 Å². The molecule has 1 aromatic heterocycles. The van der Waals surface area contributed by atoms with Gasteiger partial charge < -0.3 is 18.8 Å². The van der Waals surface area contributed by atoms with E-state index in [0.29, 0.717) is 30.4 Å². The van der Waals surface area contributed by atoms with Gasteiger partial charge in [0.2, 0.25) is 12.7 Å². The fraction of sp³-hybridized carbons (Fsp3) is 0.185. The molecular weight excluding hydrogens is 416 g/mol. The zero-order chi connectivity index (χ0) is 22.6. The van der Waals surface area contributed by atoms with Gasteiger partial charge in [-0.2, -0.15) is 0 Å². The maximum Gasteiger partial charge on any atom is 0.231 e. The second-order valence-corrected chi connectivity index (χ2v) is 7.99. The molecule has 166 valence electrons. The zero-order valence-electron chi connectivity index (χ0n) is 18.4. The van der Waals surface area contributed by atoms with Crippen LogP contribution in [0, 0.1) is 6.92 Å². The van der Waals surface area contributed by atoms with Crippen LogP contribution >= 0.6 is 0 Å². The van der Waals surface area contributed by atoms with Crippen molar-refractivity contribution in [3.05, 3.63) is 96.0 Å². The minimum absolute atomic E-state index is 0.00560. The number of hydrogen-bond acceptors (Lipinski definition) is 5.